The summed E-state index contributed by atoms with van der Waals surface area (Å²) in [4.78, 5) is 31.4. The van der Waals surface area contributed by atoms with E-state index in [1.807, 2.05) is 13.8 Å². The van der Waals surface area contributed by atoms with Crippen LogP contribution in [0.25, 0.3) is 10.2 Å². The van der Waals surface area contributed by atoms with Crippen molar-refractivity contribution in [2.75, 3.05) is 12.4 Å². The fraction of sp³-hybridized carbons (Fsp3) is 0.278. The number of hydrogen-bond acceptors (Lipinski definition) is 5. The molecule has 0 aliphatic rings. The van der Waals surface area contributed by atoms with E-state index in [4.69, 9.17) is 4.74 Å². The third-order valence-corrected chi connectivity index (χ3v) is 5.38. The summed E-state index contributed by atoms with van der Waals surface area (Å²) in [6.07, 6.45) is 1.44. The summed E-state index contributed by atoms with van der Waals surface area (Å²) in [5.74, 6) is 0.429. The molecule has 0 bridgehead atoms. The lowest BCUT2D eigenvalue weighted by atomic mass is 10.2. The highest BCUT2D eigenvalue weighted by atomic mass is 32.1. The number of anilines is 1. The number of ether oxygens (including phenoxy) is 1. The zero-order chi connectivity index (χ0) is 18.1. The Labute approximate surface area is 149 Å². The van der Waals surface area contributed by atoms with Crippen LogP contribution in [0.1, 0.15) is 23.4 Å². The Hall–Kier alpha value is -2.67. The third kappa shape index (κ3) is 3.15. The van der Waals surface area contributed by atoms with E-state index in [0.717, 1.165) is 10.4 Å². The van der Waals surface area contributed by atoms with Gasteiger partial charge in [0.15, 0.2) is 0 Å². The van der Waals surface area contributed by atoms with E-state index in [1.54, 1.807) is 38.3 Å². The number of fused-ring (bicyclic) bond motifs is 1. The van der Waals surface area contributed by atoms with E-state index in [2.05, 4.69) is 10.3 Å². The van der Waals surface area contributed by atoms with Crippen LogP contribution in [0.2, 0.25) is 0 Å². The van der Waals surface area contributed by atoms with Crippen LogP contribution in [0.3, 0.4) is 0 Å². The molecule has 2 aromatic heterocycles. The van der Waals surface area contributed by atoms with Crippen LogP contribution in [0.15, 0.2) is 35.4 Å². The van der Waals surface area contributed by atoms with Gasteiger partial charge in [0.25, 0.3) is 5.56 Å². The van der Waals surface area contributed by atoms with Gasteiger partial charge in [-0.25, -0.2) is 4.98 Å². The molecule has 6 nitrogen and oxygen atoms in total. The summed E-state index contributed by atoms with van der Waals surface area (Å²) in [7, 11) is 1.58. The predicted molar refractivity (Wildman–Crippen MR) is 99.7 cm³/mol. The molecule has 3 aromatic rings. The highest BCUT2D eigenvalue weighted by Gasteiger charge is 2.20. The number of aryl methyl sites for hydroxylation is 2. The first-order valence-electron chi connectivity index (χ1n) is 7.84. The fourth-order valence-corrected chi connectivity index (χ4v) is 3.56. The SMILES string of the molecule is COc1ccc(NC(=O)C(C)n2cnc3sc(C)c(C)c3c2=O)cc1. The van der Waals surface area contributed by atoms with E-state index in [9.17, 15) is 9.59 Å². The molecule has 2 heterocycles. The second-order valence-electron chi connectivity index (χ2n) is 5.81. The van der Waals surface area contributed by atoms with Gasteiger partial charge in [0.05, 0.1) is 18.8 Å². The van der Waals surface area contributed by atoms with Gasteiger partial charge >= 0.3 is 0 Å². The van der Waals surface area contributed by atoms with Crippen LogP contribution in [-0.4, -0.2) is 22.6 Å². The predicted octanol–water partition coefficient (Wildman–Crippen LogP) is 3.28. The minimum absolute atomic E-state index is 0.191. The zero-order valence-corrected chi connectivity index (χ0v) is 15.3. The number of hydrogen-bond donors (Lipinski definition) is 1. The molecule has 1 unspecified atom stereocenters. The molecule has 0 saturated carbocycles. The lowest BCUT2D eigenvalue weighted by Gasteiger charge is -2.15. The average molecular weight is 357 g/mol. The van der Waals surface area contributed by atoms with Gasteiger partial charge in [0.1, 0.15) is 16.6 Å². The van der Waals surface area contributed by atoms with Crippen molar-refractivity contribution < 1.29 is 9.53 Å². The summed E-state index contributed by atoms with van der Waals surface area (Å²) < 4.78 is 6.47. The number of aromatic nitrogens is 2. The quantitative estimate of drug-likeness (QED) is 0.778. The molecule has 1 atom stereocenters. The van der Waals surface area contributed by atoms with E-state index < -0.39 is 6.04 Å². The van der Waals surface area contributed by atoms with Gasteiger partial charge in [-0.1, -0.05) is 0 Å². The van der Waals surface area contributed by atoms with Gasteiger partial charge in [0.2, 0.25) is 5.91 Å². The number of thiophene rings is 1. The Kier molecular flexibility index (Phi) is 4.59. The first-order valence-corrected chi connectivity index (χ1v) is 8.65. The molecule has 0 radical (unpaired) electrons. The number of rotatable bonds is 4. The first kappa shape index (κ1) is 17.2. The van der Waals surface area contributed by atoms with Crippen LogP contribution >= 0.6 is 11.3 Å². The molecule has 0 aliphatic heterocycles. The maximum Gasteiger partial charge on any atom is 0.263 e. The van der Waals surface area contributed by atoms with Crippen molar-refractivity contribution in [3.05, 3.63) is 51.4 Å². The van der Waals surface area contributed by atoms with Crippen molar-refractivity contribution in [3.63, 3.8) is 0 Å². The molecule has 0 fully saturated rings. The normalized spacial score (nSPS) is 12.2. The van der Waals surface area contributed by atoms with Crippen molar-refractivity contribution in [1.29, 1.82) is 0 Å². The van der Waals surface area contributed by atoms with Gasteiger partial charge in [-0.05, 0) is 50.6 Å². The molecule has 1 N–H and O–H groups in total. The molecule has 0 aliphatic carbocycles. The zero-order valence-electron chi connectivity index (χ0n) is 14.5. The molecule has 1 aromatic carbocycles. The van der Waals surface area contributed by atoms with Gasteiger partial charge in [-0.3, -0.25) is 14.2 Å². The van der Waals surface area contributed by atoms with E-state index in [1.165, 1.54) is 22.2 Å². The molecule has 1 amide bonds. The molecule has 0 spiro atoms. The lowest BCUT2D eigenvalue weighted by Crippen LogP contribution is -2.31. The van der Waals surface area contributed by atoms with Crippen molar-refractivity contribution in [2.45, 2.75) is 26.8 Å². The molecular formula is C18H19N3O3S. The summed E-state index contributed by atoms with van der Waals surface area (Å²) in [5.41, 5.74) is 1.38. The summed E-state index contributed by atoms with van der Waals surface area (Å²) >= 11 is 1.49. The highest BCUT2D eigenvalue weighted by molar-refractivity contribution is 7.18. The Balaban J connectivity index is 1.89. The van der Waals surface area contributed by atoms with Gasteiger partial charge in [-0.2, -0.15) is 0 Å². The average Bonchev–Trinajstić information content (AvgIpc) is 2.90. The molecular weight excluding hydrogens is 338 g/mol. The van der Waals surface area contributed by atoms with Crippen molar-refractivity contribution in [3.8, 4) is 5.75 Å². The van der Waals surface area contributed by atoms with Crippen molar-refractivity contribution >= 4 is 33.1 Å². The maximum absolute atomic E-state index is 12.8. The number of methoxy groups -OCH3 is 1. The Bertz CT molecular complexity index is 989. The van der Waals surface area contributed by atoms with Crippen LogP contribution in [0.4, 0.5) is 5.69 Å². The molecule has 0 saturated heterocycles. The smallest absolute Gasteiger partial charge is 0.263 e. The first-order chi connectivity index (χ1) is 11.9. The Morgan fingerprint density at radius 1 is 1.28 bits per heavy atom. The molecule has 25 heavy (non-hydrogen) atoms. The van der Waals surface area contributed by atoms with E-state index in [-0.39, 0.29) is 11.5 Å². The Morgan fingerprint density at radius 3 is 2.60 bits per heavy atom. The van der Waals surface area contributed by atoms with Gasteiger partial charge in [-0.15, -0.1) is 11.3 Å². The maximum atomic E-state index is 12.8. The van der Waals surface area contributed by atoms with Crippen LogP contribution in [0, 0.1) is 13.8 Å². The highest BCUT2D eigenvalue weighted by Crippen LogP contribution is 2.26. The standard InChI is InChI=1S/C18H19N3O3S/c1-10-12(3)25-17-15(10)18(23)21(9-19-17)11(2)16(22)20-13-5-7-14(24-4)8-6-13/h5-9,11H,1-4H3,(H,20,22). The molecule has 3 rings (SSSR count). The fourth-order valence-electron chi connectivity index (χ4n) is 2.57. The lowest BCUT2D eigenvalue weighted by molar-refractivity contribution is -0.118. The second-order valence-corrected chi connectivity index (χ2v) is 7.02. The third-order valence-electron chi connectivity index (χ3n) is 4.27. The summed E-state index contributed by atoms with van der Waals surface area (Å²) in [6.45, 7) is 5.55. The van der Waals surface area contributed by atoms with Gasteiger partial charge in [0, 0.05) is 10.6 Å². The van der Waals surface area contributed by atoms with Gasteiger partial charge < -0.3 is 10.1 Å². The van der Waals surface area contributed by atoms with Crippen LogP contribution < -0.4 is 15.6 Å². The minimum Gasteiger partial charge on any atom is -0.497 e. The van der Waals surface area contributed by atoms with E-state index in [0.29, 0.717) is 21.7 Å². The number of carbonyl (C=O) groups excluding carboxylic acids is 1. The van der Waals surface area contributed by atoms with Crippen LogP contribution in [0.5, 0.6) is 5.75 Å². The number of carbonyl (C=O) groups is 1. The minimum atomic E-state index is -0.675. The molecule has 7 heteroatoms. The molecule has 130 valence electrons. The Morgan fingerprint density at radius 2 is 1.96 bits per heavy atom. The number of benzene rings is 1. The van der Waals surface area contributed by atoms with Crippen LogP contribution in [-0.2, 0) is 4.79 Å². The monoisotopic (exact) mass is 357 g/mol. The summed E-state index contributed by atoms with van der Waals surface area (Å²) in [6, 6.07) is 6.35. The van der Waals surface area contributed by atoms with Crippen molar-refractivity contribution in [2.24, 2.45) is 0 Å². The largest absolute Gasteiger partial charge is 0.497 e. The topological polar surface area (TPSA) is 73.2 Å². The number of nitrogens with zero attached hydrogens (tertiary/aromatic N) is 2. The number of amides is 1. The van der Waals surface area contributed by atoms with Crippen molar-refractivity contribution in [1.82, 2.24) is 9.55 Å². The number of nitrogens with one attached hydrogen (secondary N) is 1. The van der Waals surface area contributed by atoms with E-state index >= 15 is 0 Å². The summed E-state index contributed by atoms with van der Waals surface area (Å²) in [5, 5.41) is 3.40. The second kappa shape index (κ2) is 6.68.